The van der Waals surface area contributed by atoms with Gasteiger partial charge in [-0.3, -0.25) is 14.5 Å². The second kappa shape index (κ2) is 10.3. The normalized spacial score (nSPS) is 18.9. The van der Waals surface area contributed by atoms with Crippen molar-refractivity contribution in [2.75, 3.05) is 31.2 Å². The van der Waals surface area contributed by atoms with Crippen molar-refractivity contribution < 1.29 is 24.2 Å². The molecular weight excluding hydrogens is 428 g/mol. The molecule has 0 aromatic carbocycles. The molecule has 1 aromatic heterocycles. The highest BCUT2D eigenvalue weighted by Gasteiger charge is 2.39. The molecule has 0 unspecified atom stereocenters. The first kappa shape index (κ1) is 24.7. The number of aromatic carboxylic acids is 1. The van der Waals surface area contributed by atoms with E-state index in [1.165, 1.54) is 11.3 Å². The van der Waals surface area contributed by atoms with Gasteiger partial charge in [0, 0.05) is 23.9 Å². The highest BCUT2D eigenvalue weighted by atomic mass is 32.1. The smallest absolute Gasteiger partial charge is 0.348 e. The zero-order valence-corrected chi connectivity index (χ0v) is 20.5. The van der Waals surface area contributed by atoms with Gasteiger partial charge in [0.1, 0.15) is 10.9 Å². The number of hydrogen-bond donors (Lipinski definition) is 1. The molecule has 1 aromatic rings. The maximum atomic E-state index is 13.9. The van der Waals surface area contributed by atoms with Gasteiger partial charge in [0.15, 0.2) is 0 Å². The van der Waals surface area contributed by atoms with Gasteiger partial charge in [-0.05, 0) is 30.7 Å². The number of thiophene rings is 1. The summed E-state index contributed by atoms with van der Waals surface area (Å²) in [6.07, 6.45) is 5.09. The predicted octanol–water partition coefficient (Wildman–Crippen LogP) is 4.29. The fourth-order valence-corrected chi connectivity index (χ4v) is 5.58. The number of carbonyl (C=O) groups excluding carboxylic acids is 2. The van der Waals surface area contributed by atoms with Crippen molar-refractivity contribution in [1.29, 1.82) is 0 Å². The quantitative estimate of drug-likeness (QED) is 0.678. The number of carboxylic acid groups (broad SMARTS) is 1. The Labute approximate surface area is 194 Å². The molecule has 7 nitrogen and oxygen atoms in total. The van der Waals surface area contributed by atoms with Crippen LogP contribution in [0.3, 0.4) is 0 Å². The summed E-state index contributed by atoms with van der Waals surface area (Å²) in [6.45, 7) is 9.90. The molecule has 178 valence electrons. The summed E-state index contributed by atoms with van der Waals surface area (Å²) in [6, 6.07) is 1.10. The second-order valence-electron chi connectivity index (χ2n) is 9.79. The zero-order valence-electron chi connectivity index (χ0n) is 19.7. The van der Waals surface area contributed by atoms with Crippen LogP contribution < -0.4 is 4.90 Å². The second-order valence-corrected chi connectivity index (χ2v) is 10.8. The fraction of sp³-hybridized carbons (Fsp3) is 0.708. The summed E-state index contributed by atoms with van der Waals surface area (Å²) >= 11 is 1.20. The topological polar surface area (TPSA) is 87.2 Å². The summed E-state index contributed by atoms with van der Waals surface area (Å²) in [5.74, 6) is -1.47. The van der Waals surface area contributed by atoms with E-state index in [9.17, 15) is 19.5 Å². The third-order valence-corrected chi connectivity index (χ3v) is 7.94. The van der Waals surface area contributed by atoms with Gasteiger partial charge in [-0.25, -0.2) is 4.79 Å². The van der Waals surface area contributed by atoms with Crippen LogP contribution in [0.15, 0.2) is 6.07 Å². The molecule has 32 heavy (non-hydrogen) atoms. The molecule has 0 radical (unpaired) electrons. The SMILES string of the molecule is CC[C@@H](C(=O)N1CCOCC1)N(C(=O)C1CCCCC1)c1cc(C(C)(C)C)sc1C(=O)O. The minimum atomic E-state index is -1.06. The van der Waals surface area contributed by atoms with Crippen molar-refractivity contribution in [2.45, 2.75) is 77.7 Å². The average molecular weight is 465 g/mol. The van der Waals surface area contributed by atoms with E-state index in [2.05, 4.69) is 0 Å². The lowest BCUT2D eigenvalue weighted by atomic mass is 9.87. The standard InChI is InChI=1S/C24H36N2O5S/c1-5-17(22(28)25-11-13-31-14-12-25)26(21(27)16-9-7-6-8-10-16)18-15-19(24(2,3)4)32-20(18)23(29)30/h15-17H,5-14H2,1-4H3,(H,29,30)/t17-/m0/s1. The molecule has 0 spiro atoms. The first-order valence-corrected chi connectivity index (χ1v) is 12.5. The van der Waals surface area contributed by atoms with Crippen LogP contribution in [0.2, 0.25) is 0 Å². The van der Waals surface area contributed by atoms with Crippen molar-refractivity contribution in [1.82, 2.24) is 4.90 Å². The highest BCUT2D eigenvalue weighted by molar-refractivity contribution is 7.14. The van der Waals surface area contributed by atoms with Crippen molar-refractivity contribution in [2.24, 2.45) is 5.92 Å². The molecule has 2 fully saturated rings. The van der Waals surface area contributed by atoms with E-state index in [1.54, 1.807) is 9.80 Å². The lowest BCUT2D eigenvalue weighted by molar-refractivity contribution is -0.139. The first-order chi connectivity index (χ1) is 15.1. The average Bonchev–Trinajstić information content (AvgIpc) is 3.23. The summed E-state index contributed by atoms with van der Waals surface area (Å²) in [5.41, 5.74) is 0.110. The van der Waals surface area contributed by atoms with E-state index in [1.807, 2.05) is 33.8 Å². The lowest BCUT2D eigenvalue weighted by Crippen LogP contribution is -2.55. The number of hydrogen-bond acceptors (Lipinski definition) is 5. The first-order valence-electron chi connectivity index (χ1n) is 11.7. The number of nitrogens with zero attached hydrogens (tertiary/aromatic N) is 2. The summed E-state index contributed by atoms with van der Waals surface area (Å²) in [7, 11) is 0. The number of morpholine rings is 1. The molecule has 1 N–H and O–H groups in total. The molecule has 1 aliphatic carbocycles. The molecule has 1 saturated heterocycles. The minimum Gasteiger partial charge on any atom is -0.477 e. The maximum absolute atomic E-state index is 13.9. The van der Waals surface area contributed by atoms with Crippen LogP contribution in [0.1, 0.15) is 80.8 Å². The van der Waals surface area contributed by atoms with E-state index in [-0.39, 0.29) is 28.0 Å². The number of rotatable bonds is 6. The molecule has 1 atom stereocenters. The van der Waals surface area contributed by atoms with Crippen LogP contribution in [0.25, 0.3) is 0 Å². The molecule has 2 amide bonds. The van der Waals surface area contributed by atoms with Crippen LogP contribution in [-0.4, -0.2) is 60.1 Å². The van der Waals surface area contributed by atoms with Crippen molar-refractivity contribution >= 4 is 34.8 Å². The third kappa shape index (κ3) is 5.34. The molecule has 1 saturated carbocycles. The lowest BCUT2D eigenvalue weighted by Gasteiger charge is -2.37. The van der Waals surface area contributed by atoms with Crippen LogP contribution in [0.5, 0.6) is 0 Å². The Bertz CT molecular complexity index is 832. The number of amides is 2. The van der Waals surface area contributed by atoms with Gasteiger partial charge >= 0.3 is 5.97 Å². The van der Waals surface area contributed by atoms with Crippen molar-refractivity contribution in [3.8, 4) is 0 Å². The number of carbonyl (C=O) groups is 3. The molecule has 0 bridgehead atoms. The van der Waals surface area contributed by atoms with Gasteiger partial charge in [0.05, 0.1) is 18.9 Å². The molecular formula is C24H36N2O5S. The Morgan fingerprint density at radius 2 is 1.81 bits per heavy atom. The van der Waals surface area contributed by atoms with Crippen molar-refractivity contribution in [3.05, 3.63) is 15.8 Å². The Hall–Kier alpha value is -1.93. The largest absolute Gasteiger partial charge is 0.477 e. The Morgan fingerprint density at radius 1 is 1.19 bits per heavy atom. The molecule has 8 heteroatoms. The van der Waals surface area contributed by atoms with Gasteiger partial charge in [-0.15, -0.1) is 11.3 Å². The van der Waals surface area contributed by atoms with E-state index in [4.69, 9.17) is 4.74 Å². The molecule has 3 rings (SSSR count). The Kier molecular flexibility index (Phi) is 7.98. The summed E-state index contributed by atoms with van der Waals surface area (Å²) in [5, 5.41) is 9.99. The molecule has 2 heterocycles. The van der Waals surface area contributed by atoms with E-state index in [0.29, 0.717) is 38.4 Å². The van der Waals surface area contributed by atoms with Crippen LogP contribution in [0, 0.1) is 5.92 Å². The van der Waals surface area contributed by atoms with Gasteiger partial charge in [0.25, 0.3) is 0 Å². The number of carboxylic acids is 1. The van der Waals surface area contributed by atoms with Gasteiger partial charge in [-0.1, -0.05) is 47.0 Å². The highest BCUT2D eigenvalue weighted by Crippen LogP contribution is 2.40. The van der Waals surface area contributed by atoms with Gasteiger partial charge < -0.3 is 14.7 Å². The van der Waals surface area contributed by atoms with Crippen LogP contribution >= 0.6 is 11.3 Å². The maximum Gasteiger partial charge on any atom is 0.348 e. The summed E-state index contributed by atoms with van der Waals surface area (Å²) in [4.78, 5) is 43.9. The molecule has 2 aliphatic rings. The fourth-order valence-electron chi connectivity index (χ4n) is 4.53. The third-order valence-electron chi connectivity index (χ3n) is 6.40. The van der Waals surface area contributed by atoms with E-state index in [0.717, 1.165) is 37.0 Å². The van der Waals surface area contributed by atoms with E-state index >= 15 is 0 Å². The zero-order chi connectivity index (χ0) is 23.5. The molecule has 1 aliphatic heterocycles. The van der Waals surface area contributed by atoms with Gasteiger partial charge in [-0.2, -0.15) is 0 Å². The monoisotopic (exact) mass is 464 g/mol. The Balaban J connectivity index is 2.07. The van der Waals surface area contributed by atoms with Crippen LogP contribution in [-0.2, 0) is 19.7 Å². The Morgan fingerprint density at radius 3 is 2.34 bits per heavy atom. The van der Waals surface area contributed by atoms with Crippen molar-refractivity contribution in [3.63, 3.8) is 0 Å². The predicted molar refractivity (Wildman–Crippen MR) is 126 cm³/mol. The van der Waals surface area contributed by atoms with E-state index < -0.39 is 12.0 Å². The number of ether oxygens (including phenoxy) is 1. The van der Waals surface area contributed by atoms with Crippen LogP contribution in [0.4, 0.5) is 5.69 Å². The van der Waals surface area contributed by atoms with Gasteiger partial charge in [0.2, 0.25) is 11.8 Å². The summed E-state index contributed by atoms with van der Waals surface area (Å²) < 4.78 is 5.39. The minimum absolute atomic E-state index is 0.112. The number of anilines is 1.